The van der Waals surface area contributed by atoms with E-state index >= 15 is 0 Å². The first-order chi connectivity index (χ1) is 25.5. The van der Waals surface area contributed by atoms with Gasteiger partial charge >= 0.3 is 5.97 Å². The van der Waals surface area contributed by atoms with Gasteiger partial charge in [-0.15, -0.1) is 0 Å². The molecule has 0 radical (unpaired) electrons. The number of nitrogens with one attached hydrogen (secondary N) is 1. The van der Waals surface area contributed by atoms with Gasteiger partial charge in [0.25, 0.3) is 0 Å². The van der Waals surface area contributed by atoms with Gasteiger partial charge in [0.2, 0.25) is 0 Å². The number of carboxylic acids is 1. The number of benzene rings is 3. The van der Waals surface area contributed by atoms with Crippen LogP contribution >= 0.6 is 11.6 Å². The number of furan rings is 1. The Labute approximate surface area is 305 Å². The van der Waals surface area contributed by atoms with Gasteiger partial charge in [0.1, 0.15) is 22.7 Å². The molecular weight excluding hydrogens is 672 g/mol. The average molecular weight is 707 g/mol. The average Bonchev–Trinajstić information content (AvgIpc) is 3.86. The Bertz CT molecular complexity index is 2260. The van der Waals surface area contributed by atoms with Gasteiger partial charge in [-0.1, -0.05) is 103 Å². The summed E-state index contributed by atoms with van der Waals surface area (Å²) >= 11 is 6.68. The fraction of sp³-hybridized carbons (Fsp3) is 0.214. The van der Waals surface area contributed by atoms with Crippen molar-refractivity contribution in [1.82, 2.24) is 24.7 Å². The van der Waals surface area contributed by atoms with Crippen LogP contribution in [0.25, 0.3) is 34.0 Å². The number of carbonyl (C=O) groups is 1. The SMILES string of the molecule is O=C(O)C1C2CCC(CC2)C1Nc1cc(-c2ccco2)nc(-c2nn(C(c3ccccc3)(c3ccccc3)c3ccccc3)c3ncc(Cl)cc23)n1. The van der Waals surface area contributed by atoms with E-state index in [9.17, 15) is 9.90 Å². The number of fused-ring (bicyclic) bond motifs is 4. The molecule has 10 rings (SSSR count). The summed E-state index contributed by atoms with van der Waals surface area (Å²) in [6.07, 6.45) is 7.11. The first-order valence-electron chi connectivity index (χ1n) is 17.6. The summed E-state index contributed by atoms with van der Waals surface area (Å²) in [5, 5.41) is 20.4. The molecule has 0 amide bonds. The van der Waals surface area contributed by atoms with Crippen molar-refractivity contribution in [2.24, 2.45) is 17.8 Å². The molecule has 3 aliphatic rings. The molecule has 4 aromatic heterocycles. The number of nitrogens with zero attached hydrogens (tertiary/aromatic N) is 5. The molecule has 0 saturated heterocycles. The maximum atomic E-state index is 12.6. The molecule has 2 N–H and O–H groups in total. The normalized spacial score (nSPS) is 19.9. The van der Waals surface area contributed by atoms with E-state index in [2.05, 4.69) is 41.7 Å². The molecule has 3 aromatic carbocycles. The summed E-state index contributed by atoms with van der Waals surface area (Å²) in [6, 6.07) is 37.9. The van der Waals surface area contributed by atoms with E-state index in [1.165, 1.54) is 0 Å². The van der Waals surface area contributed by atoms with E-state index in [1.54, 1.807) is 12.5 Å². The highest BCUT2D eigenvalue weighted by molar-refractivity contribution is 6.31. The molecule has 52 heavy (non-hydrogen) atoms. The van der Waals surface area contributed by atoms with Crippen LogP contribution < -0.4 is 5.32 Å². The second-order valence-corrected chi connectivity index (χ2v) is 14.2. The zero-order valence-electron chi connectivity index (χ0n) is 28.1. The van der Waals surface area contributed by atoms with Gasteiger partial charge in [0.05, 0.1) is 22.6 Å². The molecule has 2 bridgehead atoms. The van der Waals surface area contributed by atoms with Crippen LogP contribution in [0.4, 0.5) is 5.82 Å². The lowest BCUT2D eigenvalue weighted by Crippen LogP contribution is -2.51. The van der Waals surface area contributed by atoms with Gasteiger partial charge < -0.3 is 14.8 Å². The monoisotopic (exact) mass is 706 g/mol. The summed E-state index contributed by atoms with van der Waals surface area (Å²) in [6.45, 7) is 0. The molecule has 2 unspecified atom stereocenters. The number of hydrogen-bond donors (Lipinski definition) is 2. The smallest absolute Gasteiger partial charge is 0.308 e. The summed E-state index contributed by atoms with van der Waals surface area (Å²) < 4.78 is 7.80. The van der Waals surface area contributed by atoms with Gasteiger partial charge in [0, 0.05) is 18.3 Å². The molecule has 3 fully saturated rings. The van der Waals surface area contributed by atoms with Crippen molar-refractivity contribution < 1.29 is 14.3 Å². The van der Waals surface area contributed by atoms with Crippen molar-refractivity contribution in [1.29, 1.82) is 0 Å². The van der Waals surface area contributed by atoms with Gasteiger partial charge in [-0.25, -0.2) is 19.6 Å². The van der Waals surface area contributed by atoms with E-state index in [0.29, 0.717) is 44.8 Å². The van der Waals surface area contributed by atoms with Crippen LogP contribution in [0.1, 0.15) is 42.4 Å². The third-order valence-corrected chi connectivity index (χ3v) is 11.1. The van der Waals surface area contributed by atoms with E-state index in [0.717, 1.165) is 42.4 Å². The zero-order valence-corrected chi connectivity index (χ0v) is 28.9. The first kappa shape index (κ1) is 32.1. The largest absolute Gasteiger partial charge is 0.481 e. The minimum Gasteiger partial charge on any atom is -0.481 e. The number of halogens is 1. The molecule has 0 aliphatic heterocycles. The van der Waals surface area contributed by atoms with Crippen molar-refractivity contribution >= 4 is 34.4 Å². The highest BCUT2D eigenvalue weighted by atomic mass is 35.5. The summed E-state index contributed by atoms with van der Waals surface area (Å²) in [7, 11) is 0. The van der Waals surface area contributed by atoms with E-state index in [4.69, 9.17) is 36.1 Å². The minimum absolute atomic E-state index is 0.140. The Morgan fingerprint density at radius 2 is 1.42 bits per heavy atom. The van der Waals surface area contributed by atoms with Crippen LogP contribution in [0.15, 0.2) is 132 Å². The Hall–Kier alpha value is -5.80. The second-order valence-electron chi connectivity index (χ2n) is 13.7. The molecule has 0 spiro atoms. The summed E-state index contributed by atoms with van der Waals surface area (Å²) in [5.41, 5.74) is 3.61. The number of pyridine rings is 1. The predicted molar refractivity (Wildman–Crippen MR) is 200 cm³/mol. The number of rotatable bonds is 9. The number of carboxylic acid groups (broad SMARTS) is 1. The number of aromatic nitrogens is 5. The van der Waals surface area contributed by atoms with E-state index < -0.39 is 17.4 Å². The van der Waals surface area contributed by atoms with Crippen molar-refractivity contribution in [3.63, 3.8) is 0 Å². The Balaban J connectivity index is 1.30. The lowest BCUT2D eigenvalue weighted by atomic mass is 9.61. The van der Waals surface area contributed by atoms with Crippen molar-refractivity contribution in [2.75, 3.05) is 5.32 Å². The quantitative estimate of drug-likeness (QED) is 0.143. The van der Waals surface area contributed by atoms with Gasteiger partial charge in [-0.2, -0.15) is 5.10 Å². The predicted octanol–water partition coefficient (Wildman–Crippen LogP) is 8.94. The third kappa shape index (κ3) is 5.35. The summed E-state index contributed by atoms with van der Waals surface area (Å²) in [4.78, 5) is 27.6. The Kier molecular flexibility index (Phi) is 8.08. The maximum absolute atomic E-state index is 12.6. The van der Waals surface area contributed by atoms with Gasteiger partial charge in [-0.3, -0.25) is 4.79 Å². The molecular formula is C42H35ClN6O3. The number of hydrogen-bond acceptors (Lipinski definition) is 7. The number of anilines is 1. The van der Waals surface area contributed by atoms with Crippen LogP contribution in [-0.4, -0.2) is 41.9 Å². The van der Waals surface area contributed by atoms with Crippen molar-refractivity contribution in [3.05, 3.63) is 149 Å². The van der Waals surface area contributed by atoms with Crippen LogP contribution in [-0.2, 0) is 10.3 Å². The standard InChI is InChI=1S/C42H35ClN6O3/c43-31-23-32-38(39-45-33(34-17-10-22-52-34)24-35(47-39)46-37-27-20-18-26(19-21-27)36(37)41(50)51)48-49(40(32)44-25-31)42(28-11-4-1-5-12-28,29-13-6-2-7-14-29)30-15-8-3-9-16-30/h1-17,22-27,36-37H,18-21H2,(H,50,51)(H,45,46,47). The lowest BCUT2D eigenvalue weighted by Gasteiger charge is -2.47. The molecule has 258 valence electrons. The van der Waals surface area contributed by atoms with Crippen molar-refractivity contribution in [3.8, 4) is 23.0 Å². The molecule has 9 nitrogen and oxygen atoms in total. The maximum Gasteiger partial charge on any atom is 0.308 e. The highest BCUT2D eigenvalue weighted by Crippen LogP contribution is 2.47. The zero-order chi connectivity index (χ0) is 35.2. The molecule has 4 heterocycles. The van der Waals surface area contributed by atoms with E-state index in [-0.39, 0.29) is 17.9 Å². The lowest BCUT2D eigenvalue weighted by molar-refractivity contribution is -0.148. The van der Waals surface area contributed by atoms with Gasteiger partial charge in [0.15, 0.2) is 17.2 Å². The Morgan fingerprint density at radius 3 is 2.00 bits per heavy atom. The topological polar surface area (TPSA) is 119 Å². The molecule has 3 saturated carbocycles. The van der Waals surface area contributed by atoms with Crippen LogP contribution in [0.2, 0.25) is 5.02 Å². The Morgan fingerprint density at radius 1 is 0.808 bits per heavy atom. The second kappa shape index (κ2) is 13.1. The van der Waals surface area contributed by atoms with Crippen LogP contribution in [0, 0.1) is 17.8 Å². The molecule has 2 atom stereocenters. The molecule has 3 aliphatic carbocycles. The van der Waals surface area contributed by atoms with Crippen LogP contribution in [0.3, 0.4) is 0 Å². The fourth-order valence-corrected chi connectivity index (χ4v) is 8.80. The minimum atomic E-state index is -0.961. The number of aliphatic carboxylic acids is 1. The van der Waals surface area contributed by atoms with Crippen molar-refractivity contribution in [2.45, 2.75) is 37.3 Å². The summed E-state index contributed by atoms with van der Waals surface area (Å²) in [5.74, 6) is 0.516. The molecule has 7 aromatic rings. The first-order valence-corrected chi connectivity index (χ1v) is 18.0. The molecule has 10 heteroatoms. The van der Waals surface area contributed by atoms with Gasteiger partial charge in [-0.05, 0) is 72.4 Å². The highest BCUT2D eigenvalue weighted by Gasteiger charge is 2.47. The third-order valence-electron chi connectivity index (χ3n) is 10.9. The van der Waals surface area contributed by atoms with Crippen LogP contribution in [0.5, 0.6) is 0 Å². The van der Waals surface area contributed by atoms with E-state index in [1.807, 2.05) is 83.5 Å². The fourth-order valence-electron chi connectivity index (χ4n) is 8.64.